The number of nitrogens with two attached hydrogens (primary N) is 1. The van der Waals surface area contributed by atoms with Gasteiger partial charge in [0, 0.05) is 11.0 Å². The number of carbonyl (C=O) groups is 1. The van der Waals surface area contributed by atoms with E-state index in [1.807, 2.05) is 18.2 Å². The van der Waals surface area contributed by atoms with E-state index in [1.54, 1.807) is 31.4 Å². The highest BCUT2D eigenvalue weighted by Crippen LogP contribution is 2.44. The first-order chi connectivity index (χ1) is 13.4. The van der Waals surface area contributed by atoms with Crippen molar-refractivity contribution in [3.63, 3.8) is 0 Å². The second-order valence-electron chi connectivity index (χ2n) is 7.37. The number of unbranched alkanes of at least 4 members (excludes halogenated alkanes) is 1. The normalized spacial score (nSPS) is 18.4. The molecule has 2 aromatic carbocycles. The molecule has 0 aromatic heterocycles. The van der Waals surface area contributed by atoms with E-state index >= 15 is 0 Å². The molecule has 3 nitrogen and oxygen atoms in total. The lowest BCUT2D eigenvalue weighted by atomic mass is 9.67. The largest absolute Gasteiger partial charge is 0.497 e. The number of methoxy groups -OCH3 is 1. The Bertz CT molecular complexity index is 930. The van der Waals surface area contributed by atoms with Gasteiger partial charge in [0.05, 0.1) is 12.7 Å². The molecule has 1 atom stereocenters. The third-order valence-corrected chi connectivity index (χ3v) is 5.46. The number of allylic oxidation sites excluding steroid dienone is 2. The smallest absolute Gasteiger partial charge is 0.196 e. The van der Waals surface area contributed by atoms with Gasteiger partial charge in [-0.3, -0.25) is 4.79 Å². The molecule has 3 rings (SSSR count). The van der Waals surface area contributed by atoms with Crippen molar-refractivity contribution in [2.45, 2.75) is 31.6 Å². The van der Waals surface area contributed by atoms with Crippen molar-refractivity contribution in [3.8, 4) is 5.75 Å². The first-order valence-corrected chi connectivity index (χ1v) is 9.52. The molecule has 0 radical (unpaired) electrons. The van der Waals surface area contributed by atoms with Gasteiger partial charge in [-0.15, -0.1) is 0 Å². The molecule has 28 heavy (non-hydrogen) atoms. The van der Waals surface area contributed by atoms with Gasteiger partial charge in [-0.25, -0.2) is 4.39 Å². The van der Waals surface area contributed by atoms with Crippen molar-refractivity contribution in [2.75, 3.05) is 13.7 Å². The number of ketones is 1. The maximum atomic E-state index is 14.9. The van der Waals surface area contributed by atoms with E-state index < -0.39 is 11.2 Å². The highest BCUT2D eigenvalue weighted by Gasteiger charge is 2.38. The minimum atomic E-state index is -0.491. The summed E-state index contributed by atoms with van der Waals surface area (Å²) in [5, 5.41) is 0. The average molecular weight is 379 g/mol. The number of hydrogen-bond donors (Lipinski definition) is 1. The third-order valence-electron chi connectivity index (χ3n) is 5.46. The van der Waals surface area contributed by atoms with Crippen LogP contribution in [0.1, 0.15) is 53.2 Å². The van der Waals surface area contributed by atoms with Crippen molar-refractivity contribution in [2.24, 2.45) is 5.73 Å². The number of benzene rings is 2. The minimum absolute atomic E-state index is 0.154. The second kappa shape index (κ2) is 8.11. The lowest BCUT2D eigenvalue weighted by Crippen LogP contribution is -2.30. The zero-order valence-electron chi connectivity index (χ0n) is 16.4. The Morgan fingerprint density at radius 2 is 1.89 bits per heavy atom. The molecule has 0 amide bonds. The molecule has 2 N–H and O–H groups in total. The van der Waals surface area contributed by atoms with E-state index in [4.69, 9.17) is 10.5 Å². The quantitative estimate of drug-likeness (QED) is 0.678. The topological polar surface area (TPSA) is 52.3 Å². The molecular formula is C24H26FNO2. The predicted molar refractivity (Wildman–Crippen MR) is 112 cm³/mol. The summed E-state index contributed by atoms with van der Waals surface area (Å²) in [6.07, 6.45) is 6.22. The average Bonchev–Trinajstić information content (AvgIpc) is 2.71. The Labute approximate surface area is 165 Å². The number of carbonyl (C=O) groups excluding carboxylic acids is 1. The van der Waals surface area contributed by atoms with Crippen LogP contribution in [0.4, 0.5) is 4.39 Å². The van der Waals surface area contributed by atoms with Crippen LogP contribution in [0.2, 0.25) is 0 Å². The molecule has 0 heterocycles. The molecule has 2 aromatic rings. The van der Waals surface area contributed by atoms with Crippen molar-refractivity contribution < 1.29 is 13.9 Å². The van der Waals surface area contributed by atoms with E-state index in [9.17, 15) is 9.18 Å². The van der Waals surface area contributed by atoms with Crippen molar-refractivity contribution in [1.29, 1.82) is 0 Å². The summed E-state index contributed by atoms with van der Waals surface area (Å²) in [6, 6.07) is 10.3. The van der Waals surface area contributed by atoms with Gasteiger partial charge >= 0.3 is 0 Å². The fourth-order valence-electron chi connectivity index (χ4n) is 4.01. The van der Waals surface area contributed by atoms with Gasteiger partial charge in [-0.2, -0.15) is 0 Å². The Morgan fingerprint density at radius 1 is 1.18 bits per heavy atom. The predicted octanol–water partition coefficient (Wildman–Crippen LogP) is 5.14. The van der Waals surface area contributed by atoms with Crippen LogP contribution >= 0.6 is 0 Å². The van der Waals surface area contributed by atoms with Crippen LogP contribution in [0.5, 0.6) is 5.75 Å². The molecular weight excluding hydrogens is 353 g/mol. The molecule has 146 valence electrons. The van der Waals surface area contributed by atoms with Crippen LogP contribution in [0.25, 0.3) is 11.6 Å². The van der Waals surface area contributed by atoms with E-state index in [0.717, 1.165) is 36.0 Å². The summed E-state index contributed by atoms with van der Waals surface area (Å²) in [4.78, 5) is 13.3. The number of Topliss-reactive ketones (excluding diaryl/α,β-unsaturated/α-hetero) is 1. The SMILES string of the molecule is C=Cc1ccc(F)c2c1C(C)(CCCCN)C=C(c1ccc(OC)cc1)C2=O. The molecule has 4 heteroatoms. The van der Waals surface area contributed by atoms with Crippen LogP contribution in [-0.4, -0.2) is 19.4 Å². The lowest BCUT2D eigenvalue weighted by molar-refractivity contribution is 0.104. The van der Waals surface area contributed by atoms with Crippen molar-refractivity contribution >= 4 is 17.4 Å². The van der Waals surface area contributed by atoms with Crippen molar-refractivity contribution in [3.05, 3.63) is 77.1 Å². The molecule has 0 aliphatic heterocycles. The summed E-state index contributed by atoms with van der Waals surface area (Å²) >= 11 is 0. The molecule has 0 fully saturated rings. The number of halogens is 1. The molecule has 1 aliphatic carbocycles. The summed E-state index contributed by atoms with van der Waals surface area (Å²) < 4.78 is 20.1. The summed E-state index contributed by atoms with van der Waals surface area (Å²) in [7, 11) is 1.59. The van der Waals surface area contributed by atoms with Crippen LogP contribution in [0, 0.1) is 5.82 Å². The Hall–Kier alpha value is -2.72. The molecule has 1 aliphatic rings. The Balaban J connectivity index is 2.19. The summed E-state index contributed by atoms with van der Waals surface area (Å²) in [5.41, 5.74) is 8.13. The fourth-order valence-corrected chi connectivity index (χ4v) is 4.01. The zero-order valence-corrected chi connectivity index (χ0v) is 16.4. The number of ether oxygens (including phenoxy) is 1. The number of hydrogen-bond acceptors (Lipinski definition) is 3. The van der Waals surface area contributed by atoms with Gasteiger partial charge in [-0.05, 0) is 54.3 Å². The Kier molecular flexibility index (Phi) is 5.80. The van der Waals surface area contributed by atoms with Gasteiger partial charge in [0.15, 0.2) is 5.78 Å². The van der Waals surface area contributed by atoms with Gasteiger partial charge in [0.1, 0.15) is 11.6 Å². The molecule has 0 bridgehead atoms. The number of rotatable bonds is 7. The van der Waals surface area contributed by atoms with Crippen LogP contribution in [0.15, 0.2) is 49.1 Å². The summed E-state index contributed by atoms with van der Waals surface area (Å²) in [5.74, 6) is -0.0775. The van der Waals surface area contributed by atoms with E-state index in [-0.39, 0.29) is 11.3 Å². The maximum absolute atomic E-state index is 14.9. The van der Waals surface area contributed by atoms with Crippen LogP contribution in [-0.2, 0) is 5.41 Å². The zero-order chi connectivity index (χ0) is 20.3. The van der Waals surface area contributed by atoms with Gasteiger partial charge in [0.2, 0.25) is 0 Å². The summed E-state index contributed by atoms with van der Waals surface area (Å²) in [6.45, 7) is 6.53. The molecule has 0 spiro atoms. The second-order valence-corrected chi connectivity index (χ2v) is 7.37. The van der Waals surface area contributed by atoms with Gasteiger partial charge in [-0.1, -0.05) is 50.3 Å². The Morgan fingerprint density at radius 3 is 2.50 bits per heavy atom. The van der Waals surface area contributed by atoms with Crippen molar-refractivity contribution in [1.82, 2.24) is 0 Å². The van der Waals surface area contributed by atoms with Gasteiger partial charge in [0.25, 0.3) is 0 Å². The van der Waals surface area contributed by atoms with Gasteiger partial charge < -0.3 is 10.5 Å². The molecule has 1 unspecified atom stereocenters. The first kappa shape index (κ1) is 20.0. The standard InChI is InChI=1S/C24H26FNO2/c1-4-16-9-12-20(25)21-22(16)24(2,13-5-6-14-26)15-19(23(21)27)17-7-10-18(28-3)11-8-17/h4,7-12,15H,1,5-6,13-14,26H2,2-3H3. The molecule has 0 saturated heterocycles. The van der Waals surface area contributed by atoms with E-state index in [0.29, 0.717) is 17.9 Å². The third kappa shape index (κ3) is 3.52. The van der Waals surface area contributed by atoms with Crippen LogP contribution < -0.4 is 10.5 Å². The lowest BCUT2D eigenvalue weighted by Gasteiger charge is -2.35. The van der Waals surface area contributed by atoms with E-state index in [1.165, 1.54) is 6.07 Å². The fraction of sp³-hybridized carbons (Fsp3) is 0.292. The van der Waals surface area contributed by atoms with Crippen LogP contribution in [0.3, 0.4) is 0 Å². The highest BCUT2D eigenvalue weighted by molar-refractivity contribution is 6.31. The number of fused-ring (bicyclic) bond motifs is 1. The minimum Gasteiger partial charge on any atom is -0.497 e. The maximum Gasteiger partial charge on any atom is 0.196 e. The first-order valence-electron chi connectivity index (χ1n) is 9.52. The van der Waals surface area contributed by atoms with E-state index in [2.05, 4.69) is 13.5 Å². The monoisotopic (exact) mass is 379 g/mol. The highest BCUT2D eigenvalue weighted by atomic mass is 19.1. The molecule has 0 saturated carbocycles.